The highest BCUT2D eigenvalue weighted by Gasteiger charge is 2.12. The van der Waals surface area contributed by atoms with Crippen LogP contribution in [0, 0.1) is 0 Å². The van der Waals surface area contributed by atoms with Gasteiger partial charge in [-0.3, -0.25) is 0 Å². The quantitative estimate of drug-likeness (QED) is 0.811. The van der Waals surface area contributed by atoms with Crippen molar-refractivity contribution in [2.75, 3.05) is 13.7 Å². The fourth-order valence-corrected chi connectivity index (χ4v) is 2.23. The molecule has 0 aliphatic carbocycles. The summed E-state index contributed by atoms with van der Waals surface area (Å²) in [6.07, 6.45) is 3.76. The van der Waals surface area contributed by atoms with Gasteiger partial charge in [0.15, 0.2) is 11.5 Å². The Morgan fingerprint density at radius 3 is 2.81 bits per heavy atom. The average Bonchev–Trinajstić information content (AvgIpc) is 2.95. The molecule has 1 aromatic heterocycles. The number of para-hydroxylation sites is 1. The molecule has 1 aromatic carbocycles. The Kier molecular flexibility index (Phi) is 5.63. The standard InChI is InChI=1S/C16H23N3O2/c1-4-19-10-9-18-15(19)12-21-16-13(11-17-3)7-6-8-14(16)20-5-2/h6-10,17H,4-5,11-12H2,1-3H3. The number of nitrogens with zero attached hydrogens (tertiary/aromatic N) is 2. The van der Waals surface area contributed by atoms with Crippen LogP contribution < -0.4 is 14.8 Å². The van der Waals surface area contributed by atoms with Gasteiger partial charge in [0.25, 0.3) is 0 Å². The Morgan fingerprint density at radius 2 is 2.10 bits per heavy atom. The van der Waals surface area contributed by atoms with Gasteiger partial charge < -0.3 is 19.4 Å². The van der Waals surface area contributed by atoms with Crippen LogP contribution in [-0.2, 0) is 19.7 Å². The zero-order chi connectivity index (χ0) is 15.1. The molecule has 0 amide bonds. The third kappa shape index (κ3) is 3.76. The molecule has 0 unspecified atom stereocenters. The minimum Gasteiger partial charge on any atom is -0.490 e. The Hall–Kier alpha value is -2.01. The number of rotatable bonds is 8. The molecule has 0 atom stereocenters. The van der Waals surface area contributed by atoms with Crippen LogP contribution >= 0.6 is 0 Å². The predicted molar refractivity (Wildman–Crippen MR) is 82.6 cm³/mol. The maximum absolute atomic E-state index is 6.01. The van der Waals surface area contributed by atoms with E-state index in [4.69, 9.17) is 9.47 Å². The van der Waals surface area contributed by atoms with Crippen LogP contribution in [0.3, 0.4) is 0 Å². The summed E-state index contributed by atoms with van der Waals surface area (Å²) in [4.78, 5) is 4.33. The zero-order valence-corrected chi connectivity index (χ0v) is 12.9. The van der Waals surface area contributed by atoms with Crippen molar-refractivity contribution >= 4 is 0 Å². The second-order valence-electron chi connectivity index (χ2n) is 4.63. The third-order valence-corrected chi connectivity index (χ3v) is 3.22. The molecule has 1 N–H and O–H groups in total. The molecular formula is C16H23N3O2. The number of aryl methyl sites for hydroxylation is 1. The largest absolute Gasteiger partial charge is 0.490 e. The van der Waals surface area contributed by atoms with Crippen LogP contribution in [0.4, 0.5) is 0 Å². The summed E-state index contributed by atoms with van der Waals surface area (Å²) in [5.74, 6) is 2.48. The van der Waals surface area contributed by atoms with Crippen LogP contribution in [0.5, 0.6) is 11.5 Å². The van der Waals surface area contributed by atoms with Gasteiger partial charge in [-0.1, -0.05) is 12.1 Å². The zero-order valence-electron chi connectivity index (χ0n) is 12.9. The van der Waals surface area contributed by atoms with Crippen molar-refractivity contribution in [3.8, 4) is 11.5 Å². The fraction of sp³-hybridized carbons (Fsp3) is 0.438. The van der Waals surface area contributed by atoms with E-state index in [2.05, 4.69) is 21.8 Å². The number of hydrogen-bond donors (Lipinski definition) is 1. The van der Waals surface area contributed by atoms with Crippen molar-refractivity contribution in [1.29, 1.82) is 0 Å². The summed E-state index contributed by atoms with van der Waals surface area (Å²) < 4.78 is 13.8. The summed E-state index contributed by atoms with van der Waals surface area (Å²) in [6, 6.07) is 5.96. The lowest BCUT2D eigenvalue weighted by Gasteiger charge is -2.16. The van der Waals surface area contributed by atoms with Crippen LogP contribution in [0.25, 0.3) is 0 Å². The molecule has 2 aromatic rings. The molecule has 0 saturated carbocycles. The second-order valence-corrected chi connectivity index (χ2v) is 4.63. The number of imidazole rings is 1. The Bertz CT molecular complexity index is 542. The van der Waals surface area contributed by atoms with Crippen molar-refractivity contribution in [1.82, 2.24) is 14.9 Å². The van der Waals surface area contributed by atoms with Gasteiger partial charge in [0.1, 0.15) is 12.4 Å². The van der Waals surface area contributed by atoms with E-state index in [-0.39, 0.29) is 0 Å². The van der Waals surface area contributed by atoms with E-state index in [0.717, 1.165) is 36.0 Å². The van der Waals surface area contributed by atoms with E-state index in [9.17, 15) is 0 Å². The number of ether oxygens (including phenoxy) is 2. The second kappa shape index (κ2) is 7.69. The van der Waals surface area contributed by atoms with Crippen molar-refractivity contribution in [2.45, 2.75) is 33.5 Å². The van der Waals surface area contributed by atoms with Gasteiger partial charge in [0.05, 0.1) is 6.61 Å². The molecule has 0 aliphatic heterocycles. The molecule has 0 fully saturated rings. The van der Waals surface area contributed by atoms with Gasteiger partial charge in [-0.25, -0.2) is 4.98 Å². The Morgan fingerprint density at radius 1 is 1.24 bits per heavy atom. The molecule has 0 bridgehead atoms. The molecule has 114 valence electrons. The number of nitrogens with one attached hydrogen (secondary N) is 1. The first-order valence-electron chi connectivity index (χ1n) is 7.32. The smallest absolute Gasteiger partial charge is 0.166 e. The van der Waals surface area contributed by atoms with Gasteiger partial charge in [0.2, 0.25) is 0 Å². The lowest BCUT2D eigenvalue weighted by Crippen LogP contribution is -2.11. The molecule has 0 spiro atoms. The van der Waals surface area contributed by atoms with Crippen LogP contribution in [0.15, 0.2) is 30.6 Å². The van der Waals surface area contributed by atoms with E-state index in [1.807, 2.05) is 38.4 Å². The summed E-state index contributed by atoms with van der Waals surface area (Å²) in [5.41, 5.74) is 1.08. The predicted octanol–water partition coefficient (Wildman–Crippen LogP) is 2.60. The SMILES string of the molecule is CCOc1cccc(CNC)c1OCc1nccn1CC. The van der Waals surface area contributed by atoms with E-state index < -0.39 is 0 Å². The molecule has 21 heavy (non-hydrogen) atoms. The summed E-state index contributed by atoms with van der Waals surface area (Å²) in [5, 5.41) is 3.15. The monoisotopic (exact) mass is 289 g/mol. The molecule has 0 aliphatic rings. The lowest BCUT2D eigenvalue weighted by molar-refractivity contribution is 0.257. The van der Waals surface area contributed by atoms with Crippen LogP contribution in [0.2, 0.25) is 0 Å². The molecule has 2 rings (SSSR count). The van der Waals surface area contributed by atoms with Crippen molar-refractivity contribution < 1.29 is 9.47 Å². The Labute approximate surface area is 125 Å². The Balaban J connectivity index is 2.20. The van der Waals surface area contributed by atoms with Crippen LogP contribution in [-0.4, -0.2) is 23.2 Å². The van der Waals surface area contributed by atoms with Crippen molar-refractivity contribution in [2.24, 2.45) is 0 Å². The average molecular weight is 289 g/mol. The molecular weight excluding hydrogens is 266 g/mol. The fourth-order valence-electron chi connectivity index (χ4n) is 2.23. The van der Waals surface area contributed by atoms with Gasteiger partial charge in [0, 0.05) is 31.0 Å². The normalized spacial score (nSPS) is 10.6. The molecule has 0 saturated heterocycles. The van der Waals surface area contributed by atoms with Gasteiger partial charge in [-0.2, -0.15) is 0 Å². The van der Waals surface area contributed by atoms with E-state index in [0.29, 0.717) is 13.2 Å². The minimum absolute atomic E-state index is 0.432. The lowest BCUT2D eigenvalue weighted by atomic mass is 10.2. The van der Waals surface area contributed by atoms with Crippen LogP contribution in [0.1, 0.15) is 25.2 Å². The molecule has 5 nitrogen and oxygen atoms in total. The number of hydrogen-bond acceptors (Lipinski definition) is 4. The first-order valence-corrected chi connectivity index (χ1v) is 7.32. The summed E-state index contributed by atoms with van der Waals surface area (Å²) >= 11 is 0. The minimum atomic E-state index is 0.432. The van der Waals surface area contributed by atoms with Crippen molar-refractivity contribution in [3.05, 3.63) is 42.0 Å². The highest BCUT2D eigenvalue weighted by atomic mass is 16.5. The van der Waals surface area contributed by atoms with E-state index in [1.54, 1.807) is 6.20 Å². The van der Waals surface area contributed by atoms with E-state index in [1.165, 1.54) is 0 Å². The maximum atomic E-state index is 6.01. The van der Waals surface area contributed by atoms with E-state index >= 15 is 0 Å². The number of aromatic nitrogens is 2. The third-order valence-electron chi connectivity index (χ3n) is 3.22. The topological polar surface area (TPSA) is 48.3 Å². The molecule has 0 radical (unpaired) electrons. The highest BCUT2D eigenvalue weighted by molar-refractivity contribution is 5.46. The van der Waals surface area contributed by atoms with Gasteiger partial charge in [-0.05, 0) is 27.0 Å². The summed E-state index contributed by atoms with van der Waals surface area (Å²) in [6.45, 7) is 6.72. The molecule has 5 heteroatoms. The first-order chi connectivity index (χ1) is 10.3. The van der Waals surface area contributed by atoms with Crippen molar-refractivity contribution in [3.63, 3.8) is 0 Å². The van der Waals surface area contributed by atoms with Gasteiger partial charge >= 0.3 is 0 Å². The number of benzene rings is 1. The molecule has 1 heterocycles. The first kappa shape index (κ1) is 15.4. The highest BCUT2D eigenvalue weighted by Crippen LogP contribution is 2.32. The summed E-state index contributed by atoms with van der Waals surface area (Å²) in [7, 11) is 1.92. The maximum Gasteiger partial charge on any atom is 0.166 e. The van der Waals surface area contributed by atoms with Gasteiger partial charge in [-0.15, -0.1) is 0 Å².